The number of carbonyl (C=O) groups excluding carboxylic acids is 1. The van der Waals surface area contributed by atoms with Crippen LogP contribution in [0.25, 0.3) is 0 Å². The molecule has 1 aromatic heterocycles. The maximum absolute atomic E-state index is 12.4. The highest BCUT2D eigenvalue weighted by Gasteiger charge is 2.16. The van der Waals surface area contributed by atoms with E-state index in [-0.39, 0.29) is 22.6 Å². The summed E-state index contributed by atoms with van der Waals surface area (Å²) in [4.78, 5) is 12.5. The second-order valence-corrected chi connectivity index (χ2v) is 8.19. The number of aryl methyl sites for hydroxylation is 2. The van der Waals surface area contributed by atoms with E-state index in [0.29, 0.717) is 12.1 Å². The van der Waals surface area contributed by atoms with Gasteiger partial charge in [0.25, 0.3) is 5.91 Å². The Bertz CT molecular complexity index is 841. The van der Waals surface area contributed by atoms with Crippen molar-refractivity contribution in [1.82, 2.24) is 15.1 Å². The fraction of sp³-hybridized carbons (Fsp3) is 0.412. The Kier molecular flexibility index (Phi) is 5.43. The molecular formula is C17H23N3O3S. The molecule has 0 aliphatic carbocycles. The highest BCUT2D eigenvalue weighted by Crippen LogP contribution is 2.13. The van der Waals surface area contributed by atoms with E-state index in [1.54, 1.807) is 19.1 Å². The van der Waals surface area contributed by atoms with Crippen LogP contribution >= 0.6 is 0 Å². The van der Waals surface area contributed by atoms with Crippen molar-refractivity contribution in [3.8, 4) is 0 Å². The second kappa shape index (κ2) is 7.17. The molecule has 130 valence electrons. The molecule has 2 aromatic rings. The molecule has 1 heterocycles. The van der Waals surface area contributed by atoms with E-state index in [0.717, 1.165) is 11.4 Å². The molecule has 0 fully saturated rings. The standard InChI is InChI=1S/C17H23N3O3S/c1-5-24(22,23)16-8-6-7-15(10-16)17(21)18-13(3)11-20-14(4)9-12(2)19-20/h6-10,13H,5,11H2,1-4H3,(H,18,21)/t13-/m1/s1. The van der Waals surface area contributed by atoms with Crippen LogP contribution in [0.2, 0.25) is 0 Å². The van der Waals surface area contributed by atoms with E-state index in [2.05, 4.69) is 10.4 Å². The van der Waals surface area contributed by atoms with Crippen molar-refractivity contribution in [2.45, 2.75) is 45.2 Å². The Balaban J connectivity index is 2.09. The smallest absolute Gasteiger partial charge is 0.251 e. The number of hydrogen-bond donors (Lipinski definition) is 1. The first-order chi connectivity index (χ1) is 11.2. The average Bonchev–Trinajstić information content (AvgIpc) is 2.84. The predicted octanol–water partition coefficient (Wildman–Crippen LogP) is 2.11. The molecule has 0 aliphatic rings. The molecule has 0 radical (unpaired) electrons. The van der Waals surface area contributed by atoms with E-state index < -0.39 is 9.84 Å². The zero-order chi connectivity index (χ0) is 17.9. The van der Waals surface area contributed by atoms with Gasteiger partial charge in [-0.3, -0.25) is 9.48 Å². The molecule has 0 bridgehead atoms. The monoisotopic (exact) mass is 349 g/mol. The molecule has 0 saturated heterocycles. The Hall–Kier alpha value is -2.15. The van der Waals surface area contributed by atoms with Crippen LogP contribution in [0.4, 0.5) is 0 Å². The molecule has 6 nitrogen and oxygen atoms in total. The Labute approximate surface area is 142 Å². The average molecular weight is 349 g/mol. The maximum atomic E-state index is 12.4. The topological polar surface area (TPSA) is 81.1 Å². The first-order valence-corrected chi connectivity index (χ1v) is 9.53. The van der Waals surface area contributed by atoms with Crippen LogP contribution in [-0.2, 0) is 16.4 Å². The third-order valence-electron chi connectivity index (χ3n) is 3.76. The van der Waals surface area contributed by atoms with E-state index in [4.69, 9.17) is 0 Å². The largest absolute Gasteiger partial charge is 0.348 e. The molecule has 0 aliphatic heterocycles. The normalized spacial score (nSPS) is 12.8. The summed E-state index contributed by atoms with van der Waals surface area (Å²) in [5, 5.41) is 7.26. The number of benzene rings is 1. The molecule has 1 N–H and O–H groups in total. The van der Waals surface area contributed by atoms with Crippen molar-refractivity contribution in [1.29, 1.82) is 0 Å². The summed E-state index contributed by atoms with van der Waals surface area (Å²) in [6.07, 6.45) is 0. The zero-order valence-electron chi connectivity index (χ0n) is 14.4. The Morgan fingerprint density at radius 3 is 2.58 bits per heavy atom. The van der Waals surface area contributed by atoms with Crippen LogP contribution in [0.5, 0.6) is 0 Å². The molecule has 1 atom stereocenters. The van der Waals surface area contributed by atoms with Crippen LogP contribution in [0.15, 0.2) is 35.2 Å². The fourth-order valence-electron chi connectivity index (χ4n) is 2.47. The first-order valence-electron chi connectivity index (χ1n) is 7.87. The van der Waals surface area contributed by atoms with Gasteiger partial charge < -0.3 is 5.32 Å². The van der Waals surface area contributed by atoms with Gasteiger partial charge in [-0.1, -0.05) is 13.0 Å². The molecule has 2 rings (SSSR count). The van der Waals surface area contributed by atoms with Crippen molar-refractivity contribution < 1.29 is 13.2 Å². The van der Waals surface area contributed by atoms with E-state index in [1.807, 2.05) is 31.5 Å². The summed E-state index contributed by atoms with van der Waals surface area (Å²) in [6, 6.07) is 7.97. The van der Waals surface area contributed by atoms with Gasteiger partial charge in [-0.2, -0.15) is 5.10 Å². The van der Waals surface area contributed by atoms with Crippen molar-refractivity contribution in [2.24, 2.45) is 0 Å². The van der Waals surface area contributed by atoms with Gasteiger partial charge in [-0.25, -0.2) is 8.42 Å². The minimum Gasteiger partial charge on any atom is -0.348 e. The van der Waals surface area contributed by atoms with Crippen molar-refractivity contribution >= 4 is 15.7 Å². The van der Waals surface area contributed by atoms with Crippen LogP contribution in [-0.4, -0.2) is 35.9 Å². The summed E-state index contributed by atoms with van der Waals surface area (Å²) >= 11 is 0. The van der Waals surface area contributed by atoms with Gasteiger partial charge in [0.15, 0.2) is 9.84 Å². The molecule has 7 heteroatoms. The van der Waals surface area contributed by atoms with Crippen LogP contribution in [0.1, 0.15) is 35.6 Å². The van der Waals surface area contributed by atoms with Crippen molar-refractivity contribution in [2.75, 3.05) is 5.75 Å². The molecule has 24 heavy (non-hydrogen) atoms. The zero-order valence-corrected chi connectivity index (χ0v) is 15.2. The molecule has 0 saturated carbocycles. The molecule has 1 amide bonds. The maximum Gasteiger partial charge on any atom is 0.251 e. The van der Waals surface area contributed by atoms with Gasteiger partial charge >= 0.3 is 0 Å². The lowest BCUT2D eigenvalue weighted by atomic mass is 10.2. The van der Waals surface area contributed by atoms with Gasteiger partial charge in [0.2, 0.25) is 0 Å². The fourth-order valence-corrected chi connectivity index (χ4v) is 3.40. The number of nitrogens with one attached hydrogen (secondary N) is 1. The molecule has 1 aromatic carbocycles. The van der Waals surface area contributed by atoms with Crippen LogP contribution < -0.4 is 5.32 Å². The minimum atomic E-state index is -3.33. The number of sulfone groups is 1. The lowest BCUT2D eigenvalue weighted by Crippen LogP contribution is -2.36. The van der Waals surface area contributed by atoms with Gasteiger partial charge in [0.1, 0.15) is 0 Å². The SMILES string of the molecule is CCS(=O)(=O)c1cccc(C(=O)N[C@H](C)Cn2nc(C)cc2C)c1. The number of carbonyl (C=O) groups is 1. The van der Waals surface area contributed by atoms with Crippen molar-refractivity contribution in [3.63, 3.8) is 0 Å². The quantitative estimate of drug-likeness (QED) is 0.866. The van der Waals surface area contributed by atoms with Gasteiger partial charge in [-0.15, -0.1) is 0 Å². The highest BCUT2D eigenvalue weighted by molar-refractivity contribution is 7.91. The van der Waals surface area contributed by atoms with Gasteiger partial charge in [0.05, 0.1) is 22.9 Å². The Morgan fingerprint density at radius 1 is 1.29 bits per heavy atom. The van der Waals surface area contributed by atoms with E-state index in [9.17, 15) is 13.2 Å². The van der Waals surface area contributed by atoms with Crippen LogP contribution in [0.3, 0.4) is 0 Å². The Morgan fingerprint density at radius 2 is 2.00 bits per heavy atom. The highest BCUT2D eigenvalue weighted by atomic mass is 32.2. The number of hydrogen-bond acceptors (Lipinski definition) is 4. The number of aromatic nitrogens is 2. The van der Waals surface area contributed by atoms with Crippen molar-refractivity contribution in [3.05, 3.63) is 47.3 Å². The summed E-state index contributed by atoms with van der Waals surface area (Å²) in [6.45, 7) is 7.91. The predicted molar refractivity (Wildman–Crippen MR) is 92.8 cm³/mol. The molecule has 0 spiro atoms. The molecule has 0 unspecified atom stereocenters. The summed E-state index contributed by atoms with van der Waals surface area (Å²) in [7, 11) is -3.33. The molecular weight excluding hydrogens is 326 g/mol. The third-order valence-corrected chi connectivity index (χ3v) is 5.50. The first kappa shape index (κ1) is 18.2. The summed E-state index contributed by atoms with van der Waals surface area (Å²) < 4.78 is 25.7. The minimum absolute atomic E-state index is 0.00635. The van der Waals surface area contributed by atoms with Crippen LogP contribution in [0, 0.1) is 13.8 Å². The second-order valence-electron chi connectivity index (χ2n) is 5.91. The van der Waals surface area contributed by atoms with E-state index >= 15 is 0 Å². The van der Waals surface area contributed by atoms with E-state index in [1.165, 1.54) is 12.1 Å². The summed E-state index contributed by atoms with van der Waals surface area (Å²) in [5.41, 5.74) is 2.30. The lowest BCUT2D eigenvalue weighted by molar-refractivity contribution is 0.0935. The number of nitrogens with zero attached hydrogens (tertiary/aromatic N) is 2. The van der Waals surface area contributed by atoms with Gasteiger partial charge in [0, 0.05) is 17.3 Å². The third kappa shape index (κ3) is 4.23. The summed E-state index contributed by atoms with van der Waals surface area (Å²) in [5.74, 6) is -0.288. The lowest BCUT2D eigenvalue weighted by Gasteiger charge is -2.15. The number of amides is 1. The van der Waals surface area contributed by atoms with Gasteiger partial charge in [-0.05, 0) is 45.0 Å². The number of rotatable bonds is 6.